The first-order valence-electron chi connectivity index (χ1n) is 7.76. The van der Waals surface area contributed by atoms with Gasteiger partial charge in [-0.05, 0) is 31.0 Å². The molecule has 5 heteroatoms. The summed E-state index contributed by atoms with van der Waals surface area (Å²) in [6, 6.07) is 14.9. The van der Waals surface area contributed by atoms with Crippen molar-refractivity contribution < 1.29 is 0 Å². The minimum atomic E-state index is 0.231. The largest absolute Gasteiger partial charge is 0.373 e. The van der Waals surface area contributed by atoms with Gasteiger partial charge in [0.2, 0.25) is 0 Å². The first kappa shape index (κ1) is 15.8. The van der Waals surface area contributed by atoms with E-state index in [0.717, 1.165) is 17.1 Å². The van der Waals surface area contributed by atoms with Crippen LogP contribution in [0.25, 0.3) is 11.3 Å². The summed E-state index contributed by atoms with van der Waals surface area (Å²) in [6.45, 7) is 2.75. The highest BCUT2D eigenvalue weighted by molar-refractivity contribution is 7.16. The Kier molecular flexibility index (Phi) is 4.79. The van der Waals surface area contributed by atoms with Gasteiger partial charge in [-0.15, -0.1) is 11.3 Å². The van der Waals surface area contributed by atoms with Gasteiger partial charge in [-0.1, -0.05) is 30.3 Å². The maximum absolute atomic E-state index is 5.96. The van der Waals surface area contributed by atoms with E-state index in [0.29, 0.717) is 6.54 Å². The van der Waals surface area contributed by atoms with Gasteiger partial charge < -0.3 is 11.1 Å². The lowest BCUT2D eigenvalue weighted by atomic mass is 10.1. The van der Waals surface area contributed by atoms with Gasteiger partial charge in [0, 0.05) is 36.3 Å². The highest BCUT2D eigenvalue weighted by Crippen LogP contribution is 2.34. The predicted molar refractivity (Wildman–Crippen MR) is 97.9 cm³/mol. The van der Waals surface area contributed by atoms with Gasteiger partial charge in [0.25, 0.3) is 0 Å². The molecule has 2 aromatic heterocycles. The number of thiophene rings is 1. The van der Waals surface area contributed by atoms with Crippen LogP contribution in [0, 0.1) is 6.92 Å². The number of nitrogens with one attached hydrogen (secondary N) is 1. The summed E-state index contributed by atoms with van der Waals surface area (Å²) >= 11 is 1.77. The highest BCUT2D eigenvalue weighted by Gasteiger charge is 2.13. The Bertz CT molecular complexity index is 760. The lowest BCUT2D eigenvalue weighted by molar-refractivity contribution is 0.726. The van der Waals surface area contributed by atoms with Gasteiger partial charge in [0.15, 0.2) is 0 Å². The minimum absolute atomic E-state index is 0.231. The third kappa shape index (κ3) is 3.63. The molecule has 0 fully saturated rings. The molecule has 0 aliphatic rings. The standard InChI is InChI=1S/C18H22N4S/c1-13-16(17-8-9-20-22(17)2)11-18(23-13)21-15(12-19)10-14-6-4-3-5-7-14/h3-9,11,15,21H,10,12,19H2,1-2H3. The van der Waals surface area contributed by atoms with Gasteiger partial charge in [-0.3, -0.25) is 4.68 Å². The number of nitrogens with zero attached hydrogens (tertiary/aromatic N) is 2. The van der Waals surface area contributed by atoms with Crippen molar-refractivity contribution in [3.8, 4) is 11.3 Å². The van der Waals surface area contributed by atoms with E-state index < -0.39 is 0 Å². The molecular formula is C18H22N4S. The Morgan fingerprint density at radius 2 is 2.04 bits per heavy atom. The van der Waals surface area contributed by atoms with Gasteiger partial charge in [-0.25, -0.2) is 0 Å². The van der Waals surface area contributed by atoms with Crippen LogP contribution >= 0.6 is 11.3 Å². The number of nitrogens with two attached hydrogens (primary N) is 1. The molecule has 0 amide bonds. The van der Waals surface area contributed by atoms with Crippen LogP contribution in [0.3, 0.4) is 0 Å². The Morgan fingerprint density at radius 1 is 1.26 bits per heavy atom. The van der Waals surface area contributed by atoms with Gasteiger partial charge >= 0.3 is 0 Å². The Morgan fingerprint density at radius 3 is 2.70 bits per heavy atom. The van der Waals surface area contributed by atoms with E-state index in [1.54, 1.807) is 11.3 Å². The van der Waals surface area contributed by atoms with Crippen molar-refractivity contribution in [2.75, 3.05) is 11.9 Å². The molecule has 3 aromatic rings. The number of anilines is 1. The second-order valence-corrected chi connectivity index (χ2v) is 6.94. The summed E-state index contributed by atoms with van der Waals surface area (Å²) < 4.78 is 1.91. The zero-order valence-electron chi connectivity index (χ0n) is 13.5. The van der Waals surface area contributed by atoms with Crippen LogP contribution in [0.2, 0.25) is 0 Å². The van der Waals surface area contributed by atoms with Crippen LogP contribution in [-0.2, 0) is 13.5 Å². The summed E-state index contributed by atoms with van der Waals surface area (Å²) in [7, 11) is 1.97. The fraction of sp³-hybridized carbons (Fsp3) is 0.278. The first-order chi connectivity index (χ1) is 11.2. The second kappa shape index (κ2) is 6.98. The molecule has 3 N–H and O–H groups in total. The number of aryl methyl sites for hydroxylation is 2. The molecule has 2 heterocycles. The fourth-order valence-corrected chi connectivity index (χ4v) is 3.74. The predicted octanol–water partition coefficient (Wildman–Crippen LogP) is 3.44. The molecule has 0 radical (unpaired) electrons. The Hall–Kier alpha value is -2.11. The molecule has 0 aliphatic heterocycles. The molecule has 1 unspecified atom stereocenters. The molecule has 1 aromatic carbocycles. The van der Waals surface area contributed by atoms with Crippen LogP contribution < -0.4 is 11.1 Å². The summed E-state index contributed by atoms with van der Waals surface area (Å²) in [5.41, 5.74) is 9.63. The zero-order valence-corrected chi connectivity index (χ0v) is 14.3. The molecule has 0 spiro atoms. The van der Waals surface area contributed by atoms with Crippen molar-refractivity contribution >= 4 is 16.3 Å². The molecule has 0 saturated heterocycles. The molecule has 1 atom stereocenters. The smallest absolute Gasteiger partial charge is 0.0894 e. The van der Waals surface area contributed by atoms with Crippen LogP contribution in [0.15, 0.2) is 48.7 Å². The van der Waals surface area contributed by atoms with Crippen LogP contribution in [0.4, 0.5) is 5.00 Å². The van der Waals surface area contributed by atoms with Gasteiger partial charge in [-0.2, -0.15) is 5.10 Å². The second-order valence-electron chi connectivity index (χ2n) is 5.69. The average molecular weight is 326 g/mol. The molecule has 0 bridgehead atoms. The third-order valence-electron chi connectivity index (χ3n) is 3.97. The molecule has 0 saturated carbocycles. The third-order valence-corrected chi connectivity index (χ3v) is 4.95. The summed E-state index contributed by atoms with van der Waals surface area (Å²) in [6.07, 6.45) is 2.76. The first-order valence-corrected chi connectivity index (χ1v) is 8.58. The van der Waals surface area contributed by atoms with Crippen LogP contribution in [-0.4, -0.2) is 22.4 Å². The Labute approximate surface area is 141 Å². The lowest BCUT2D eigenvalue weighted by Gasteiger charge is -2.16. The monoisotopic (exact) mass is 326 g/mol. The summed E-state index contributed by atoms with van der Waals surface area (Å²) in [5, 5.41) is 9.00. The van der Waals surface area contributed by atoms with Crippen molar-refractivity contribution in [1.29, 1.82) is 0 Å². The van der Waals surface area contributed by atoms with Crippen molar-refractivity contribution in [3.63, 3.8) is 0 Å². The normalized spacial score (nSPS) is 12.3. The van der Waals surface area contributed by atoms with Gasteiger partial charge in [0.1, 0.15) is 0 Å². The van der Waals surface area contributed by atoms with E-state index in [9.17, 15) is 0 Å². The molecule has 3 rings (SSSR count). The molecular weight excluding hydrogens is 304 g/mol. The Balaban J connectivity index is 1.76. The van der Waals surface area contributed by atoms with Crippen molar-refractivity contribution in [2.24, 2.45) is 12.8 Å². The SMILES string of the molecule is Cc1sc(NC(CN)Cc2ccccc2)cc1-c1ccnn1C. The molecule has 0 aliphatic carbocycles. The van der Waals surface area contributed by atoms with E-state index in [2.05, 4.69) is 47.7 Å². The number of rotatable bonds is 6. The van der Waals surface area contributed by atoms with Crippen LogP contribution in [0.5, 0.6) is 0 Å². The number of hydrogen-bond acceptors (Lipinski definition) is 4. The fourth-order valence-electron chi connectivity index (χ4n) is 2.74. The maximum Gasteiger partial charge on any atom is 0.0894 e. The van der Waals surface area contributed by atoms with E-state index in [-0.39, 0.29) is 6.04 Å². The van der Waals surface area contributed by atoms with E-state index >= 15 is 0 Å². The van der Waals surface area contributed by atoms with Crippen LogP contribution in [0.1, 0.15) is 10.4 Å². The minimum Gasteiger partial charge on any atom is -0.373 e. The quantitative estimate of drug-likeness (QED) is 0.729. The van der Waals surface area contributed by atoms with Crippen molar-refractivity contribution in [3.05, 3.63) is 59.1 Å². The molecule has 4 nitrogen and oxygen atoms in total. The van der Waals surface area contributed by atoms with Crippen molar-refractivity contribution in [1.82, 2.24) is 9.78 Å². The van der Waals surface area contributed by atoms with E-state index in [1.807, 2.05) is 30.1 Å². The summed E-state index contributed by atoms with van der Waals surface area (Å²) in [5.74, 6) is 0. The van der Waals surface area contributed by atoms with E-state index in [1.165, 1.54) is 16.0 Å². The lowest BCUT2D eigenvalue weighted by Crippen LogP contribution is -2.30. The number of aromatic nitrogens is 2. The maximum atomic E-state index is 5.96. The number of hydrogen-bond donors (Lipinski definition) is 2. The number of benzene rings is 1. The van der Waals surface area contributed by atoms with E-state index in [4.69, 9.17) is 5.73 Å². The molecule has 120 valence electrons. The summed E-state index contributed by atoms with van der Waals surface area (Å²) in [4.78, 5) is 1.28. The topological polar surface area (TPSA) is 55.9 Å². The highest BCUT2D eigenvalue weighted by atomic mass is 32.1. The average Bonchev–Trinajstić information content (AvgIpc) is 3.13. The molecule has 23 heavy (non-hydrogen) atoms. The van der Waals surface area contributed by atoms with Crippen molar-refractivity contribution in [2.45, 2.75) is 19.4 Å². The zero-order chi connectivity index (χ0) is 16.2. The van der Waals surface area contributed by atoms with Gasteiger partial charge in [0.05, 0.1) is 10.7 Å².